The Hall–Kier alpha value is -2.11. The summed E-state index contributed by atoms with van der Waals surface area (Å²) in [6.07, 6.45) is 54.5. The highest BCUT2D eigenvalue weighted by Gasteiger charge is 2.19. The first-order chi connectivity index (χ1) is 29.0. The van der Waals surface area contributed by atoms with Crippen LogP contribution in [0.2, 0.25) is 0 Å². The third kappa shape index (κ3) is 46.8. The number of hydrogen-bond acceptors (Lipinski definition) is 6. The van der Waals surface area contributed by atoms with Gasteiger partial charge in [-0.25, -0.2) is 0 Å². The van der Waals surface area contributed by atoms with Crippen LogP contribution in [0.5, 0.6) is 0 Å². The molecule has 0 saturated carbocycles. The van der Waals surface area contributed by atoms with Crippen LogP contribution < -0.4 is 0 Å². The molecule has 0 unspecified atom stereocenters. The van der Waals surface area contributed by atoms with Crippen LogP contribution in [0.1, 0.15) is 278 Å². The maximum atomic E-state index is 12.8. The fourth-order valence-corrected chi connectivity index (χ4v) is 7.48. The number of hydrogen-bond donors (Lipinski definition) is 0. The minimum absolute atomic E-state index is 0.0736. The molecule has 0 aromatic heterocycles. The van der Waals surface area contributed by atoms with Crippen molar-refractivity contribution < 1.29 is 28.6 Å². The predicted molar refractivity (Wildman–Crippen MR) is 252 cm³/mol. The second-order valence-electron chi connectivity index (χ2n) is 17.4. The number of unbranched alkanes of at least 4 members (excludes halogenated alkanes) is 32. The van der Waals surface area contributed by atoms with Crippen molar-refractivity contribution in [3.63, 3.8) is 0 Å². The molecule has 0 N–H and O–H groups in total. The molecular formula is C53H98O6. The van der Waals surface area contributed by atoms with Gasteiger partial charge >= 0.3 is 17.9 Å². The number of esters is 3. The third-order valence-electron chi connectivity index (χ3n) is 11.4. The summed E-state index contributed by atoms with van der Waals surface area (Å²) in [6, 6.07) is 0. The Labute approximate surface area is 366 Å². The molecule has 0 bridgehead atoms. The fourth-order valence-electron chi connectivity index (χ4n) is 7.48. The summed E-state index contributed by atoms with van der Waals surface area (Å²) in [7, 11) is 0. The van der Waals surface area contributed by atoms with Crippen molar-refractivity contribution in [1.82, 2.24) is 0 Å². The zero-order chi connectivity index (χ0) is 43.0. The average Bonchev–Trinajstić information content (AvgIpc) is 3.23. The minimum Gasteiger partial charge on any atom is -0.462 e. The molecule has 0 heterocycles. The van der Waals surface area contributed by atoms with Gasteiger partial charge in [-0.1, -0.05) is 218 Å². The van der Waals surface area contributed by atoms with E-state index in [1.54, 1.807) is 0 Å². The topological polar surface area (TPSA) is 78.9 Å². The van der Waals surface area contributed by atoms with Gasteiger partial charge < -0.3 is 14.2 Å². The molecular weight excluding hydrogens is 733 g/mol. The largest absolute Gasteiger partial charge is 0.462 e. The van der Waals surface area contributed by atoms with Crippen molar-refractivity contribution in [1.29, 1.82) is 0 Å². The highest BCUT2D eigenvalue weighted by Crippen LogP contribution is 2.16. The fraction of sp³-hybridized carbons (Fsp3) is 0.868. The van der Waals surface area contributed by atoms with Crippen LogP contribution in [0.4, 0.5) is 0 Å². The smallest absolute Gasteiger partial charge is 0.306 e. The summed E-state index contributed by atoms with van der Waals surface area (Å²) in [5.74, 6) is -0.881. The zero-order valence-electron chi connectivity index (χ0n) is 39.5. The standard InChI is InChI=1S/C53H98O6/c1-4-7-10-13-16-19-22-24-25-26-27-29-31-34-37-40-43-46-52(55)58-49-50(48-57-51(54)45-42-39-36-33-30-21-18-15-12-9-6-3)59-53(56)47-44-41-38-35-32-28-23-20-17-14-11-8-5-2/h15,18,20,23,50H,4-14,16-17,19,21-22,24-49H2,1-3H3/b18-15+,23-20+/t50-/m1/s1. The summed E-state index contributed by atoms with van der Waals surface area (Å²) in [4.78, 5) is 37.9. The first-order valence-corrected chi connectivity index (χ1v) is 25.8. The molecule has 0 radical (unpaired) electrons. The molecule has 0 fully saturated rings. The van der Waals surface area contributed by atoms with Gasteiger partial charge in [0.2, 0.25) is 0 Å². The molecule has 0 aliphatic heterocycles. The second-order valence-corrected chi connectivity index (χ2v) is 17.4. The van der Waals surface area contributed by atoms with Gasteiger partial charge in [0.1, 0.15) is 13.2 Å². The Bertz CT molecular complexity index is 958. The van der Waals surface area contributed by atoms with E-state index in [0.29, 0.717) is 19.3 Å². The number of rotatable bonds is 47. The SMILES string of the molecule is CCCC/C=C/CCCCCCCC(=O)OC[C@H](COC(=O)CCCCCCCCCCCCCCCCCCC)OC(=O)CCCCCCC/C=C/CCCCCC. The summed E-state index contributed by atoms with van der Waals surface area (Å²) >= 11 is 0. The van der Waals surface area contributed by atoms with E-state index < -0.39 is 6.10 Å². The van der Waals surface area contributed by atoms with Gasteiger partial charge in [-0.2, -0.15) is 0 Å². The molecule has 6 nitrogen and oxygen atoms in total. The summed E-state index contributed by atoms with van der Waals surface area (Å²) in [6.45, 7) is 6.60. The number of ether oxygens (including phenoxy) is 3. The van der Waals surface area contributed by atoms with Crippen LogP contribution in [0.15, 0.2) is 24.3 Å². The highest BCUT2D eigenvalue weighted by molar-refractivity contribution is 5.71. The zero-order valence-corrected chi connectivity index (χ0v) is 39.5. The molecule has 59 heavy (non-hydrogen) atoms. The van der Waals surface area contributed by atoms with Gasteiger partial charge in [0.25, 0.3) is 0 Å². The Morgan fingerprint density at radius 3 is 0.915 bits per heavy atom. The van der Waals surface area contributed by atoms with E-state index in [1.807, 2.05) is 0 Å². The van der Waals surface area contributed by atoms with Crippen molar-refractivity contribution in [2.75, 3.05) is 13.2 Å². The quantitative estimate of drug-likeness (QED) is 0.0263. The van der Waals surface area contributed by atoms with Crippen LogP contribution in [0.3, 0.4) is 0 Å². The van der Waals surface area contributed by atoms with Crippen molar-refractivity contribution in [3.8, 4) is 0 Å². The van der Waals surface area contributed by atoms with E-state index in [2.05, 4.69) is 45.1 Å². The lowest BCUT2D eigenvalue weighted by Gasteiger charge is -2.18. The molecule has 346 valence electrons. The molecule has 1 atom stereocenters. The molecule has 0 spiro atoms. The molecule has 0 aromatic carbocycles. The van der Waals surface area contributed by atoms with Gasteiger partial charge in [0.15, 0.2) is 6.10 Å². The molecule has 0 aliphatic rings. The van der Waals surface area contributed by atoms with E-state index in [9.17, 15) is 14.4 Å². The Kier molecular flexibility index (Phi) is 46.8. The molecule has 6 heteroatoms. The third-order valence-corrected chi connectivity index (χ3v) is 11.4. The van der Waals surface area contributed by atoms with E-state index in [-0.39, 0.29) is 31.1 Å². The number of carbonyl (C=O) groups excluding carboxylic acids is 3. The Balaban J connectivity index is 4.31. The van der Waals surface area contributed by atoms with Crippen molar-refractivity contribution in [2.24, 2.45) is 0 Å². The molecule has 0 aliphatic carbocycles. The predicted octanol–water partition coefficient (Wildman–Crippen LogP) is 16.8. The Morgan fingerprint density at radius 2 is 0.576 bits per heavy atom. The summed E-state index contributed by atoms with van der Waals surface area (Å²) in [5, 5.41) is 0. The summed E-state index contributed by atoms with van der Waals surface area (Å²) < 4.78 is 16.8. The van der Waals surface area contributed by atoms with Gasteiger partial charge in [-0.15, -0.1) is 0 Å². The van der Waals surface area contributed by atoms with Crippen LogP contribution in [0.25, 0.3) is 0 Å². The van der Waals surface area contributed by atoms with E-state index in [0.717, 1.165) is 70.6 Å². The summed E-state index contributed by atoms with van der Waals surface area (Å²) in [5.41, 5.74) is 0. The van der Waals surface area contributed by atoms with Crippen LogP contribution in [-0.2, 0) is 28.6 Å². The van der Waals surface area contributed by atoms with Crippen LogP contribution in [0, 0.1) is 0 Å². The van der Waals surface area contributed by atoms with E-state index in [4.69, 9.17) is 14.2 Å². The second kappa shape index (κ2) is 48.6. The minimum atomic E-state index is -0.773. The first-order valence-electron chi connectivity index (χ1n) is 25.8. The van der Waals surface area contributed by atoms with E-state index in [1.165, 1.54) is 167 Å². The van der Waals surface area contributed by atoms with Crippen molar-refractivity contribution in [3.05, 3.63) is 24.3 Å². The van der Waals surface area contributed by atoms with Gasteiger partial charge in [-0.3, -0.25) is 14.4 Å². The average molecular weight is 831 g/mol. The van der Waals surface area contributed by atoms with E-state index >= 15 is 0 Å². The molecule has 0 rings (SSSR count). The number of carbonyl (C=O) groups is 3. The van der Waals surface area contributed by atoms with Crippen LogP contribution in [-0.4, -0.2) is 37.2 Å². The first kappa shape index (κ1) is 56.9. The van der Waals surface area contributed by atoms with Crippen molar-refractivity contribution in [2.45, 2.75) is 284 Å². The van der Waals surface area contributed by atoms with Gasteiger partial charge in [-0.05, 0) is 64.2 Å². The highest BCUT2D eigenvalue weighted by atomic mass is 16.6. The van der Waals surface area contributed by atoms with Crippen LogP contribution >= 0.6 is 0 Å². The molecule has 0 aromatic rings. The molecule has 0 saturated heterocycles. The Morgan fingerprint density at radius 1 is 0.322 bits per heavy atom. The normalized spacial score (nSPS) is 12.1. The van der Waals surface area contributed by atoms with Gasteiger partial charge in [0.05, 0.1) is 0 Å². The maximum Gasteiger partial charge on any atom is 0.306 e. The lowest BCUT2D eigenvalue weighted by atomic mass is 10.0. The van der Waals surface area contributed by atoms with Gasteiger partial charge in [0, 0.05) is 19.3 Å². The lowest BCUT2D eigenvalue weighted by molar-refractivity contribution is -0.167. The lowest BCUT2D eigenvalue weighted by Crippen LogP contribution is -2.30. The number of allylic oxidation sites excluding steroid dienone is 4. The monoisotopic (exact) mass is 831 g/mol. The molecule has 0 amide bonds. The maximum absolute atomic E-state index is 12.8. The van der Waals surface area contributed by atoms with Crippen molar-refractivity contribution >= 4 is 17.9 Å².